The van der Waals surface area contributed by atoms with E-state index in [-0.39, 0.29) is 12.8 Å². The van der Waals surface area contributed by atoms with Crippen molar-refractivity contribution in [1.29, 1.82) is 0 Å². The Morgan fingerprint density at radius 3 is 1.92 bits per heavy atom. The third kappa shape index (κ3) is 4.59. The van der Waals surface area contributed by atoms with Crippen LogP contribution in [0, 0.1) is 23.3 Å². The summed E-state index contributed by atoms with van der Waals surface area (Å²) >= 11 is 0. The van der Waals surface area contributed by atoms with Crippen molar-refractivity contribution in [2.45, 2.75) is 25.3 Å². The van der Waals surface area contributed by atoms with Crippen molar-refractivity contribution in [2.24, 2.45) is 5.11 Å². The van der Waals surface area contributed by atoms with Gasteiger partial charge >= 0.3 is 8.80 Å². The Hall–Kier alpha value is -1.98. The number of nitrogens with zero attached hydrogens (tertiary/aromatic N) is 3. The van der Waals surface area contributed by atoms with Gasteiger partial charge in [-0.1, -0.05) is 5.11 Å². The monoisotopic (exact) mass is 395 g/mol. The van der Waals surface area contributed by atoms with E-state index in [4.69, 9.17) is 18.8 Å². The molecular weight excluding hydrogens is 378 g/mol. The van der Waals surface area contributed by atoms with Crippen molar-refractivity contribution in [3.05, 3.63) is 39.3 Å². The molecule has 0 fully saturated rings. The van der Waals surface area contributed by atoms with E-state index in [0.29, 0.717) is 12.5 Å². The van der Waals surface area contributed by atoms with Gasteiger partial charge in [0, 0.05) is 38.7 Å². The van der Waals surface area contributed by atoms with E-state index in [9.17, 15) is 22.4 Å². The largest absolute Gasteiger partial charge is 0.500 e. The molecule has 26 heavy (non-hydrogen) atoms. The minimum absolute atomic E-state index is 0.157. The Morgan fingerprint density at radius 1 is 1.00 bits per heavy atom. The molecule has 0 heterocycles. The van der Waals surface area contributed by atoms with Crippen molar-refractivity contribution < 1.29 is 35.6 Å². The number of rotatable bonds is 10. The van der Waals surface area contributed by atoms with Crippen LogP contribution in [0.25, 0.3) is 10.4 Å². The normalized spacial score (nSPS) is 11.3. The maximum Gasteiger partial charge on any atom is 0.500 e. The van der Waals surface area contributed by atoms with E-state index in [1.807, 2.05) is 0 Å². The lowest BCUT2D eigenvalue weighted by molar-refractivity contribution is 0.0965. The van der Waals surface area contributed by atoms with Gasteiger partial charge in [-0.2, -0.15) is 0 Å². The number of carbonyl (C=O) groups excluding carboxylic acids is 1. The highest BCUT2D eigenvalue weighted by Gasteiger charge is 2.37. The highest BCUT2D eigenvalue weighted by Crippen LogP contribution is 2.31. The molecule has 0 bridgehead atoms. The summed E-state index contributed by atoms with van der Waals surface area (Å²) in [5.74, 6) is -8.76. The molecule has 1 rings (SSSR count). The quantitative estimate of drug-likeness (QED) is 0.0857. The molecule has 0 saturated carbocycles. The zero-order valence-electron chi connectivity index (χ0n) is 14.3. The average molecular weight is 395 g/mol. The Labute approximate surface area is 147 Å². The Balaban J connectivity index is 2.91. The van der Waals surface area contributed by atoms with Crippen LogP contribution >= 0.6 is 0 Å². The van der Waals surface area contributed by atoms with Crippen molar-refractivity contribution in [2.75, 3.05) is 21.3 Å². The van der Waals surface area contributed by atoms with Crippen LogP contribution in [0.1, 0.15) is 29.6 Å². The van der Waals surface area contributed by atoms with Crippen LogP contribution < -0.4 is 0 Å². The lowest BCUT2D eigenvalue weighted by atomic mass is 10.0. The predicted octanol–water partition coefficient (Wildman–Crippen LogP) is 4.42. The number of Topliss-reactive ketones (excluding diaryl/α,β-unsaturated/α-hetero) is 1. The van der Waals surface area contributed by atoms with Crippen LogP contribution in [0.5, 0.6) is 0 Å². The third-order valence-corrected chi connectivity index (χ3v) is 6.57. The zero-order valence-corrected chi connectivity index (χ0v) is 15.3. The van der Waals surface area contributed by atoms with Crippen LogP contribution in [-0.4, -0.2) is 35.9 Å². The van der Waals surface area contributed by atoms with E-state index in [1.54, 1.807) is 0 Å². The van der Waals surface area contributed by atoms with Gasteiger partial charge < -0.3 is 13.3 Å². The summed E-state index contributed by atoms with van der Waals surface area (Å²) in [5.41, 5.74) is 5.38. The van der Waals surface area contributed by atoms with Crippen molar-refractivity contribution >= 4 is 20.3 Å². The van der Waals surface area contributed by atoms with Crippen LogP contribution in [0.4, 0.5) is 23.2 Å². The van der Waals surface area contributed by atoms with Gasteiger partial charge in [0.25, 0.3) is 0 Å². The first-order valence-electron chi connectivity index (χ1n) is 7.38. The molecule has 0 aliphatic carbocycles. The number of benzene rings is 1. The highest BCUT2D eigenvalue weighted by molar-refractivity contribution is 6.60. The van der Waals surface area contributed by atoms with Gasteiger partial charge in [0.15, 0.2) is 29.1 Å². The van der Waals surface area contributed by atoms with Gasteiger partial charge in [-0.05, 0) is 18.4 Å². The maximum atomic E-state index is 13.9. The first kappa shape index (κ1) is 22.1. The topological polar surface area (TPSA) is 93.5 Å². The summed E-state index contributed by atoms with van der Waals surface area (Å²) in [7, 11) is 1.38. The second-order valence-electron chi connectivity index (χ2n) is 5.09. The van der Waals surface area contributed by atoms with E-state index < -0.39 is 49.1 Å². The minimum Gasteiger partial charge on any atom is -0.377 e. The van der Waals surface area contributed by atoms with Crippen LogP contribution in [-0.2, 0) is 13.3 Å². The fourth-order valence-corrected chi connectivity index (χ4v) is 4.10. The molecule has 0 N–H and O–H groups in total. The van der Waals surface area contributed by atoms with Gasteiger partial charge in [0.2, 0.25) is 0 Å². The number of carbonyl (C=O) groups is 1. The van der Waals surface area contributed by atoms with E-state index in [0.717, 1.165) is 0 Å². The maximum absolute atomic E-state index is 13.9. The lowest BCUT2D eigenvalue weighted by Gasteiger charge is -2.24. The summed E-state index contributed by atoms with van der Waals surface area (Å²) < 4.78 is 70.7. The molecule has 0 aromatic heterocycles. The smallest absolute Gasteiger partial charge is 0.377 e. The van der Waals surface area contributed by atoms with Crippen molar-refractivity contribution in [3.63, 3.8) is 0 Å². The van der Waals surface area contributed by atoms with Crippen LogP contribution in [0.2, 0.25) is 6.04 Å². The number of hydrogen-bond donors (Lipinski definition) is 0. The summed E-state index contributed by atoms with van der Waals surface area (Å²) in [6.45, 7) is 0. The fraction of sp³-hybridized carbons (Fsp3) is 0.500. The summed E-state index contributed by atoms with van der Waals surface area (Å²) in [6.07, 6.45) is 0.150. The van der Waals surface area contributed by atoms with Gasteiger partial charge in [0.05, 0.1) is 5.56 Å². The first-order chi connectivity index (χ1) is 12.3. The van der Waals surface area contributed by atoms with Crippen LogP contribution in [0.3, 0.4) is 0 Å². The molecule has 1 aromatic carbocycles. The molecule has 0 unspecified atom stereocenters. The minimum atomic E-state index is -2.85. The summed E-state index contributed by atoms with van der Waals surface area (Å²) in [4.78, 5) is 14.1. The van der Waals surface area contributed by atoms with Crippen LogP contribution in [0.15, 0.2) is 5.11 Å². The van der Waals surface area contributed by atoms with Crippen molar-refractivity contribution in [3.8, 4) is 0 Å². The van der Waals surface area contributed by atoms with E-state index in [1.165, 1.54) is 21.3 Å². The standard InChI is InChI=1S/C14H17F4N3O4Si/c1-23-26(24-2,25-3)7-5-4-6-8(22)9-10(15)12(17)14(20-21-19)13(18)11(9)16/h4-7H2,1-3H3. The lowest BCUT2D eigenvalue weighted by Crippen LogP contribution is -2.42. The molecule has 0 spiro atoms. The Morgan fingerprint density at radius 2 is 1.50 bits per heavy atom. The van der Waals surface area contributed by atoms with Gasteiger partial charge in [0.1, 0.15) is 5.69 Å². The molecule has 0 aliphatic heterocycles. The SMILES string of the molecule is CO[Si](CCCCC(=O)c1c(F)c(F)c(N=[N+]=[N-])c(F)c1F)(OC)OC. The van der Waals surface area contributed by atoms with E-state index >= 15 is 0 Å². The molecule has 0 atom stereocenters. The second-order valence-corrected chi connectivity index (χ2v) is 8.19. The Bertz CT molecular complexity index is 687. The zero-order chi connectivity index (χ0) is 19.9. The average Bonchev–Trinajstić information content (AvgIpc) is 2.64. The fourth-order valence-electron chi connectivity index (χ4n) is 2.31. The molecule has 0 radical (unpaired) electrons. The molecule has 1 aromatic rings. The summed E-state index contributed by atoms with van der Waals surface area (Å²) in [5, 5.41) is 2.56. The van der Waals surface area contributed by atoms with Crippen molar-refractivity contribution in [1.82, 2.24) is 0 Å². The number of halogens is 4. The molecular formula is C14H17F4N3O4Si. The molecule has 0 aliphatic rings. The van der Waals surface area contributed by atoms with Gasteiger partial charge in [-0.15, -0.1) is 0 Å². The number of azide groups is 1. The first-order valence-corrected chi connectivity index (χ1v) is 9.31. The molecule has 144 valence electrons. The molecule has 12 heteroatoms. The number of ketones is 1. The van der Waals surface area contributed by atoms with E-state index in [2.05, 4.69) is 10.0 Å². The summed E-state index contributed by atoms with van der Waals surface area (Å²) in [6, 6.07) is 0.341. The predicted molar refractivity (Wildman–Crippen MR) is 84.8 cm³/mol. The van der Waals surface area contributed by atoms with Gasteiger partial charge in [-0.25, -0.2) is 17.6 Å². The third-order valence-electron chi connectivity index (χ3n) is 3.73. The molecule has 7 nitrogen and oxygen atoms in total. The van der Waals surface area contributed by atoms with Gasteiger partial charge in [-0.3, -0.25) is 4.79 Å². The number of hydrogen-bond acceptors (Lipinski definition) is 5. The molecule has 0 amide bonds. The number of unbranched alkanes of at least 4 members (excludes halogenated alkanes) is 1. The Kier molecular flexibility index (Phi) is 8.18. The molecule has 0 saturated heterocycles. The highest BCUT2D eigenvalue weighted by atomic mass is 28.4. The second kappa shape index (κ2) is 9.64.